The second kappa shape index (κ2) is 4.86. The van der Waals surface area contributed by atoms with Crippen molar-refractivity contribution in [1.29, 1.82) is 0 Å². The summed E-state index contributed by atoms with van der Waals surface area (Å²) in [6.45, 7) is 0. The van der Waals surface area contributed by atoms with Crippen LogP contribution in [0.5, 0.6) is 0 Å². The number of para-hydroxylation sites is 1. The molecule has 1 amide bonds. The molecule has 0 radical (unpaired) electrons. The number of benzene rings is 1. The molecule has 2 N–H and O–H groups in total. The highest BCUT2D eigenvalue weighted by Crippen LogP contribution is 2.21. The molecule has 18 heavy (non-hydrogen) atoms. The smallest absolute Gasteiger partial charge is 0.475 e. The third kappa shape index (κ3) is 3.06. The number of ketones is 1. The summed E-state index contributed by atoms with van der Waals surface area (Å²) in [5.74, 6) is -3.74. The summed E-state index contributed by atoms with van der Waals surface area (Å²) in [5.41, 5.74) is 1.08. The summed E-state index contributed by atoms with van der Waals surface area (Å²) in [5, 5.41) is 9.58. The molecule has 96 valence electrons. The number of hydrogen-bond acceptors (Lipinski definition) is 3. The average Bonchev–Trinajstić information content (AvgIpc) is 2.55. The number of carbonyl (C=O) groups is 3. The first-order valence-electron chi connectivity index (χ1n) is 4.48. The van der Waals surface area contributed by atoms with Gasteiger partial charge >= 0.3 is 12.1 Å². The lowest BCUT2D eigenvalue weighted by molar-refractivity contribution is -0.192. The van der Waals surface area contributed by atoms with E-state index in [1.54, 1.807) is 24.3 Å². The average molecular weight is 261 g/mol. The van der Waals surface area contributed by atoms with Crippen LogP contribution in [0.2, 0.25) is 0 Å². The van der Waals surface area contributed by atoms with Gasteiger partial charge in [-0.2, -0.15) is 13.2 Å². The van der Waals surface area contributed by atoms with Crippen LogP contribution in [0.3, 0.4) is 0 Å². The van der Waals surface area contributed by atoms with Crippen molar-refractivity contribution in [3.05, 3.63) is 29.8 Å². The van der Waals surface area contributed by atoms with E-state index in [-0.39, 0.29) is 0 Å². The second-order valence-corrected chi connectivity index (χ2v) is 3.13. The molecular weight excluding hydrogens is 255 g/mol. The lowest BCUT2D eigenvalue weighted by atomic mass is 10.1. The van der Waals surface area contributed by atoms with Crippen LogP contribution in [0.15, 0.2) is 24.3 Å². The van der Waals surface area contributed by atoms with Crippen molar-refractivity contribution in [2.45, 2.75) is 6.18 Å². The third-order valence-corrected chi connectivity index (χ3v) is 1.87. The minimum atomic E-state index is -5.08. The van der Waals surface area contributed by atoms with Gasteiger partial charge in [-0.1, -0.05) is 12.1 Å². The van der Waals surface area contributed by atoms with Crippen LogP contribution >= 0.6 is 0 Å². The number of carboxylic acid groups (broad SMARTS) is 1. The zero-order valence-electron chi connectivity index (χ0n) is 8.62. The fraction of sp³-hybridized carbons (Fsp3) is 0.100. The van der Waals surface area contributed by atoms with E-state index in [0.29, 0.717) is 11.3 Å². The summed E-state index contributed by atoms with van der Waals surface area (Å²) in [7, 11) is 0. The first-order chi connectivity index (χ1) is 8.23. The van der Waals surface area contributed by atoms with Crippen LogP contribution in [0.25, 0.3) is 0 Å². The number of anilines is 1. The molecule has 0 saturated carbocycles. The number of Topliss-reactive ketones (excluding diaryl/α,β-unsaturated/α-hetero) is 1. The molecule has 1 heterocycles. The zero-order chi connectivity index (χ0) is 13.9. The molecule has 0 saturated heterocycles. The maximum Gasteiger partial charge on any atom is 0.490 e. The number of hydrogen-bond donors (Lipinski definition) is 2. The molecule has 0 fully saturated rings. The molecule has 0 unspecified atom stereocenters. The summed E-state index contributed by atoms with van der Waals surface area (Å²) in [6.07, 6.45) is -5.08. The number of amides is 1. The number of aliphatic carboxylic acids is 1. The van der Waals surface area contributed by atoms with Crippen LogP contribution in [-0.2, 0) is 9.59 Å². The highest BCUT2D eigenvalue weighted by atomic mass is 19.4. The second-order valence-electron chi connectivity index (χ2n) is 3.13. The van der Waals surface area contributed by atoms with Crippen LogP contribution in [0.4, 0.5) is 18.9 Å². The molecule has 0 aliphatic carbocycles. The lowest BCUT2D eigenvalue weighted by Gasteiger charge is -1.93. The fourth-order valence-corrected chi connectivity index (χ4v) is 1.09. The standard InChI is InChI=1S/C8H5NO2.C2HF3O2/c10-7-5-3-1-2-4-6(5)9-8(7)11;3-2(4,5)1(6)7/h1-4H,(H,9,10,11);(H,6,7). The van der Waals surface area contributed by atoms with Crippen molar-refractivity contribution in [2.75, 3.05) is 5.32 Å². The van der Waals surface area contributed by atoms with Gasteiger partial charge in [0.1, 0.15) is 0 Å². The Labute approximate surface area is 98.2 Å². The number of alkyl halides is 3. The Hall–Kier alpha value is -2.38. The minimum Gasteiger partial charge on any atom is -0.475 e. The molecule has 1 aromatic carbocycles. The fourth-order valence-electron chi connectivity index (χ4n) is 1.09. The van der Waals surface area contributed by atoms with Crippen molar-refractivity contribution in [3.63, 3.8) is 0 Å². The Morgan fingerprint density at radius 2 is 1.67 bits per heavy atom. The van der Waals surface area contributed by atoms with Crippen LogP contribution in [0, 0.1) is 0 Å². The van der Waals surface area contributed by atoms with Gasteiger partial charge in [0, 0.05) is 0 Å². The Kier molecular flexibility index (Phi) is 3.70. The number of nitrogens with one attached hydrogen (secondary N) is 1. The number of carbonyl (C=O) groups excluding carboxylic acids is 2. The van der Waals surface area contributed by atoms with Crippen LogP contribution in [0.1, 0.15) is 10.4 Å². The summed E-state index contributed by atoms with van der Waals surface area (Å²) >= 11 is 0. The number of rotatable bonds is 0. The summed E-state index contributed by atoms with van der Waals surface area (Å²) in [6, 6.07) is 6.85. The Bertz CT molecular complexity index is 510. The SMILES string of the molecule is O=C(O)C(F)(F)F.O=C1Nc2ccccc2C1=O. The maximum atomic E-state index is 11.0. The third-order valence-electron chi connectivity index (χ3n) is 1.87. The Morgan fingerprint density at radius 1 is 1.17 bits per heavy atom. The van der Waals surface area contributed by atoms with E-state index in [9.17, 15) is 22.8 Å². The van der Waals surface area contributed by atoms with E-state index in [4.69, 9.17) is 9.90 Å². The molecule has 5 nitrogen and oxygen atoms in total. The first kappa shape index (κ1) is 13.7. The molecule has 8 heteroatoms. The van der Waals surface area contributed by atoms with Crippen molar-refractivity contribution >= 4 is 23.3 Å². The van der Waals surface area contributed by atoms with Gasteiger partial charge < -0.3 is 10.4 Å². The molecule has 0 aromatic heterocycles. The lowest BCUT2D eigenvalue weighted by Crippen LogP contribution is -2.21. The summed E-state index contributed by atoms with van der Waals surface area (Å²) in [4.78, 5) is 30.7. The van der Waals surface area contributed by atoms with Gasteiger partial charge in [0.2, 0.25) is 0 Å². The van der Waals surface area contributed by atoms with Gasteiger partial charge in [-0.15, -0.1) is 0 Å². The van der Waals surface area contributed by atoms with Crippen molar-refractivity contribution in [3.8, 4) is 0 Å². The topological polar surface area (TPSA) is 83.5 Å². The molecule has 0 bridgehead atoms. The Morgan fingerprint density at radius 3 is 2.11 bits per heavy atom. The van der Waals surface area contributed by atoms with E-state index in [1.165, 1.54) is 0 Å². The van der Waals surface area contributed by atoms with Crippen LogP contribution < -0.4 is 5.32 Å². The quantitative estimate of drug-likeness (QED) is 0.692. The van der Waals surface area contributed by atoms with E-state index in [0.717, 1.165) is 0 Å². The van der Waals surface area contributed by atoms with E-state index in [1.807, 2.05) is 0 Å². The van der Waals surface area contributed by atoms with Gasteiger partial charge in [0.05, 0.1) is 11.3 Å². The zero-order valence-corrected chi connectivity index (χ0v) is 8.62. The van der Waals surface area contributed by atoms with E-state index >= 15 is 0 Å². The predicted octanol–water partition coefficient (Wildman–Crippen LogP) is 1.45. The molecule has 1 aromatic rings. The van der Waals surface area contributed by atoms with Gasteiger partial charge in [0.15, 0.2) is 0 Å². The molecule has 0 atom stereocenters. The number of fused-ring (bicyclic) bond motifs is 1. The Balaban J connectivity index is 0.000000203. The highest BCUT2D eigenvalue weighted by Gasteiger charge is 2.38. The van der Waals surface area contributed by atoms with Crippen molar-refractivity contribution in [1.82, 2.24) is 0 Å². The van der Waals surface area contributed by atoms with Gasteiger partial charge in [-0.25, -0.2) is 4.79 Å². The molecule has 1 aliphatic heterocycles. The van der Waals surface area contributed by atoms with Crippen molar-refractivity contribution < 1.29 is 32.7 Å². The molecule has 0 spiro atoms. The highest BCUT2D eigenvalue weighted by molar-refractivity contribution is 6.51. The molecular formula is C10H6F3NO4. The van der Waals surface area contributed by atoms with Crippen molar-refractivity contribution in [2.24, 2.45) is 0 Å². The summed E-state index contributed by atoms with van der Waals surface area (Å²) < 4.78 is 31.7. The van der Waals surface area contributed by atoms with Gasteiger partial charge in [-0.3, -0.25) is 9.59 Å². The van der Waals surface area contributed by atoms with Gasteiger partial charge in [0.25, 0.3) is 11.7 Å². The number of halogens is 3. The first-order valence-corrected chi connectivity index (χ1v) is 4.48. The molecule has 2 rings (SSSR count). The molecule has 1 aliphatic rings. The normalized spacial score (nSPS) is 13.3. The van der Waals surface area contributed by atoms with E-state index < -0.39 is 23.8 Å². The monoisotopic (exact) mass is 261 g/mol. The predicted molar refractivity (Wildman–Crippen MR) is 53.1 cm³/mol. The number of carboxylic acids is 1. The maximum absolute atomic E-state index is 11.0. The van der Waals surface area contributed by atoms with E-state index in [2.05, 4.69) is 5.32 Å². The van der Waals surface area contributed by atoms with Gasteiger partial charge in [-0.05, 0) is 12.1 Å². The largest absolute Gasteiger partial charge is 0.490 e. The minimum absolute atomic E-state index is 0.444. The van der Waals surface area contributed by atoms with Crippen LogP contribution in [-0.4, -0.2) is 28.9 Å².